The van der Waals surface area contributed by atoms with E-state index in [-0.39, 0.29) is 5.82 Å². The van der Waals surface area contributed by atoms with Crippen molar-refractivity contribution in [2.75, 3.05) is 94.2 Å². The maximum atomic E-state index is 13.5. The van der Waals surface area contributed by atoms with E-state index in [1.165, 1.54) is 89.6 Å². The highest BCUT2D eigenvalue weighted by Crippen LogP contribution is 2.45. The molecule has 6 aromatic heterocycles. The molecule has 13 heterocycles. The van der Waals surface area contributed by atoms with E-state index >= 15 is 0 Å². The van der Waals surface area contributed by atoms with E-state index in [4.69, 9.17) is 26.2 Å². The molecule has 19 rings (SSSR count). The molecule has 4 fully saturated rings. The molecule has 0 bridgehead atoms. The molecular weight excluding hydrogens is 1280 g/mol. The fourth-order valence-electron chi connectivity index (χ4n) is 17.0. The van der Waals surface area contributed by atoms with Gasteiger partial charge in [-0.3, -0.25) is 18.6 Å². The molecule has 0 radical (unpaired) electrons. The standard InChI is InChI=1S/C30H32FN5.C29H30N6.C25H23N7/c1-3-21(2)35-19-30(20-35)10-12-33(18-30)26-8-9-27-24(14-26)17-34-16-23(22-4-6-25(31)7-5-22)15-28(34)29-32-11-13-36(27)29;1-20-15-31-29-28-13-24(23-6-4-21(14-30)5-7-23)18-34(28)19-25-12-26(8-9-27(25)35(20)29)33-11-10-22(17-33)16-32(2)3;26-11-17-1-3-19(4-2-17)20-10-24-25-29-28-16-32(25)23-6-5-22(9-21(23)15-31(24)14-20)30-8-7-18(12-27)13-30/h4-9,11,13-16,21H,3,10,12,17-20H2,1-2H3;4-9,12-13,15,18,22H,10-11,16-17,19H2,1-3H3;1-6,9-10,14,16,18H,7-8,12-13,15,27H2/t21-;22-;18-/m001/s1. The molecule has 3 atom stereocenters. The highest BCUT2D eigenvalue weighted by atomic mass is 19.1. The zero-order valence-electron chi connectivity index (χ0n) is 59.2. The maximum Gasteiger partial charge on any atom is 0.185 e. The van der Waals surface area contributed by atoms with Crippen molar-refractivity contribution < 1.29 is 4.39 Å². The first-order valence-corrected chi connectivity index (χ1v) is 36.4. The quantitative estimate of drug-likeness (QED) is 0.130. The molecule has 6 aromatic carbocycles. The molecule has 7 aliphatic rings. The van der Waals surface area contributed by atoms with Crippen LogP contribution < -0.4 is 20.4 Å². The minimum atomic E-state index is -0.213. The summed E-state index contributed by atoms with van der Waals surface area (Å²) in [6, 6.07) is 54.4. The van der Waals surface area contributed by atoms with E-state index < -0.39 is 0 Å². The van der Waals surface area contributed by atoms with Crippen molar-refractivity contribution in [2.24, 2.45) is 23.0 Å². The van der Waals surface area contributed by atoms with Crippen molar-refractivity contribution in [3.8, 4) is 97.1 Å². The minimum absolute atomic E-state index is 0.213. The van der Waals surface area contributed by atoms with Crippen LogP contribution in [0.4, 0.5) is 21.5 Å². The van der Waals surface area contributed by atoms with Gasteiger partial charge in [0.15, 0.2) is 17.5 Å². The average molecular weight is 1370 g/mol. The summed E-state index contributed by atoms with van der Waals surface area (Å²) in [6.07, 6.45) is 19.1. The van der Waals surface area contributed by atoms with Crippen molar-refractivity contribution in [1.82, 2.24) is 57.4 Å². The van der Waals surface area contributed by atoms with Crippen LogP contribution >= 0.6 is 0 Å². The summed E-state index contributed by atoms with van der Waals surface area (Å²) in [7, 11) is 4.33. The topological polar surface area (TPSA) is 171 Å². The molecule has 1 spiro atoms. The number of nitrogens with two attached hydrogens (primary N) is 1. The van der Waals surface area contributed by atoms with Gasteiger partial charge in [-0.2, -0.15) is 10.5 Å². The van der Waals surface area contributed by atoms with Gasteiger partial charge in [-0.1, -0.05) is 43.3 Å². The van der Waals surface area contributed by atoms with Gasteiger partial charge in [0.05, 0.1) is 57.4 Å². The van der Waals surface area contributed by atoms with E-state index in [0.29, 0.717) is 28.5 Å². The van der Waals surface area contributed by atoms with Crippen LogP contribution in [0.1, 0.15) is 73.0 Å². The third-order valence-electron chi connectivity index (χ3n) is 22.7. The van der Waals surface area contributed by atoms with E-state index in [9.17, 15) is 4.39 Å². The Labute approximate surface area is 601 Å². The Hall–Kier alpha value is -11.1. The average Bonchev–Trinajstić information content (AvgIpc) is 1.62. The number of nitrogens with zero attached hydrogens (tertiary/aromatic N) is 17. The molecule has 0 unspecified atom stereocenters. The molecule has 18 nitrogen and oxygen atoms in total. The molecule has 0 saturated carbocycles. The van der Waals surface area contributed by atoms with Crippen LogP contribution in [-0.2, 0) is 19.6 Å². The monoisotopic (exact) mass is 1360 g/mol. The van der Waals surface area contributed by atoms with E-state index in [2.05, 4.69) is 207 Å². The summed E-state index contributed by atoms with van der Waals surface area (Å²) >= 11 is 0. The van der Waals surface area contributed by atoms with Crippen LogP contribution in [0.3, 0.4) is 0 Å². The Balaban J connectivity index is 0.000000115. The van der Waals surface area contributed by atoms with Gasteiger partial charge in [0, 0.05) is 167 Å². The van der Waals surface area contributed by atoms with Gasteiger partial charge in [-0.15, -0.1) is 10.2 Å². The van der Waals surface area contributed by atoms with Gasteiger partial charge < -0.3 is 39.0 Å². The zero-order chi connectivity index (χ0) is 70.2. The van der Waals surface area contributed by atoms with Crippen LogP contribution in [0.5, 0.6) is 0 Å². The van der Waals surface area contributed by atoms with Crippen molar-refractivity contribution >= 4 is 17.1 Å². The van der Waals surface area contributed by atoms with E-state index in [1.807, 2.05) is 73.1 Å². The van der Waals surface area contributed by atoms with Gasteiger partial charge in [-0.05, 0) is 215 Å². The number of rotatable bonds is 11. The maximum absolute atomic E-state index is 13.5. The molecule has 19 heteroatoms. The predicted molar refractivity (Wildman–Crippen MR) is 405 cm³/mol. The number of likely N-dealkylation sites (tertiary alicyclic amines) is 1. The first kappa shape index (κ1) is 65.2. The summed E-state index contributed by atoms with van der Waals surface area (Å²) in [5.41, 5.74) is 29.8. The number of imidazole rings is 2. The van der Waals surface area contributed by atoms with Gasteiger partial charge >= 0.3 is 0 Å². The van der Waals surface area contributed by atoms with Gasteiger partial charge in [-0.25, -0.2) is 14.4 Å². The SMILES string of the molecule is CC[C@H](C)N1CC2(CCN(c3ccc4c(c3)Cn3cc(-c5ccc(F)cc5)cc3-c3nccn3-4)C2)C1.Cc1cnc2n1-c1ccc(N3CC[C@@H](CN(C)C)C3)cc1Cn1cc(-c3ccc(C#N)cc3)cc1-2.N#Cc1ccc(-c2cc3n(c2)Cc2cc(N4CC[C@H](CN)C4)ccc2-n2cnnc2-3)cc1. The number of hydrogen-bond donors (Lipinski definition) is 1. The number of aromatic nitrogens is 10. The van der Waals surface area contributed by atoms with Crippen LogP contribution in [0.25, 0.3) is 85.0 Å². The summed E-state index contributed by atoms with van der Waals surface area (Å²) in [5, 5.41) is 26.9. The molecule has 12 aromatic rings. The molecule has 2 N–H and O–H groups in total. The number of aryl methyl sites for hydroxylation is 1. The number of nitriles is 2. The number of hydrogen-bond acceptors (Lipinski definition) is 12. The zero-order valence-corrected chi connectivity index (χ0v) is 59.2. The molecule has 103 heavy (non-hydrogen) atoms. The summed E-state index contributed by atoms with van der Waals surface area (Å²) < 4.78 is 26.9. The number of anilines is 3. The van der Waals surface area contributed by atoms with Gasteiger partial charge in [0.1, 0.15) is 12.1 Å². The highest BCUT2D eigenvalue weighted by Gasteiger charge is 2.48. The Bertz CT molecular complexity index is 5230. The molecule has 0 aliphatic carbocycles. The van der Waals surface area contributed by atoms with Crippen molar-refractivity contribution in [2.45, 2.75) is 72.1 Å². The Morgan fingerprint density at radius 1 is 0.583 bits per heavy atom. The van der Waals surface area contributed by atoms with E-state index in [1.54, 1.807) is 6.33 Å². The summed E-state index contributed by atoms with van der Waals surface area (Å²) in [5.74, 6) is 3.83. The number of halogens is 1. The lowest BCUT2D eigenvalue weighted by molar-refractivity contribution is -0.0120. The molecule has 4 saturated heterocycles. The lowest BCUT2D eigenvalue weighted by atomic mass is 9.78. The van der Waals surface area contributed by atoms with Crippen molar-refractivity contribution in [1.29, 1.82) is 10.5 Å². The van der Waals surface area contributed by atoms with Crippen LogP contribution in [0.2, 0.25) is 0 Å². The fraction of sp³-hybridized carbons (Fsp3) is 0.310. The van der Waals surface area contributed by atoms with E-state index in [0.717, 1.165) is 164 Å². The van der Waals surface area contributed by atoms with Crippen molar-refractivity contribution in [3.05, 3.63) is 228 Å². The third-order valence-corrected chi connectivity index (χ3v) is 22.7. The molecule has 7 aliphatic heterocycles. The second-order valence-corrected chi connectivity index (χ2v) is 29.8. The smallest absolute Gasteiger partial charge is 0.185 e. The first-order chi connectivity index (χ1) is 50.2. The second kappa shape index (κ2) is 26.7. The normalized spacial score (nSPS) is 17.4. The lowest BCUT2D eigenvalue weighted by Crippen LogP contribution is -2.60. The Morgan fingerprint density at radius 3 is 1.65 bits per heavy atom. The fourth-order valence-corrected chi connectivity index (χ4v) is 17.0. The second-order valence-electron chi connectivity index (χ2n) is 29.8. The third kappa shape index (κ3) is 12.3. The predicted octanol–water partition coefficient (Wildman–Crippen LogP) is 14.2. The van der Waals surface area contributed by atoms with Crippen molar-refractivity contribution in [3.63, 3.8) is 0 Å². The largest absolute Gasteiger partial charge is 0.371 e. The number of fused-ring (bicyclic) bond motifs is 15. The number of benzene rings is 6. The van der Waals surface area contributed by atoms with Crippen LogP contribution in [0, 0.1) is 52.7 Å². The summed E-state index contributed by atoms with van der Waals surface area (Å²) in [6.45, 7) is 20.1. The molecule has 0 amide bonds. The lowest BCUT2D eigenvalue weighted by Gasteiger charge is -2.51. The van der Waals surface area contributed by atoms with Gasteiger partial charge in [0.25, 0.3) is 0 Å². The Kier molecular flexibility index (Phi) is 16.9. The van der Waals surface area contributed by atoms with Crippen LogP contribution in [-0.4, -0.2) is 143 Å². The minimum Gasteiger partial charge on any atom is -0.371 e. The molecule has 518 valence electrons. The van der Waals surface area contributed by atoms with Crippen LogP contribution in [0.15, 0.2) is 189 Å². The summed E-state index contributed by atoms with van der Waals surface area (Å²) in [4.78, 5) is 22.0. The highest BCUT2D eigenvalue weighted by molar-refractivity contribution is 5.76. The van der Waals surface area contributed by atoms with Gasteiger partial charge in [0.2, 0.25) is 0 Å². The first-order valence-electron chi connectivity index (χ1n) is 36.4. The molecular formula is C84H85FN18. The Morgan fingerprint density at radius 2 is 1.10 bits per heavy atom.